The van der Waals surface area contributed by atoms with Gasteiger partial charge >= 0.3 is 12.4 Å². The molecule has 0 fully saturated rings. The largest absolute Gasteiger partial charge is 0.411 e. The van der Waals surface area contributed by atoms with E-state index >= 15 is 0 Å². The Morgan fingerprint density at radius 1 is 0.581 bits per heavy atom. The van der Waals surface area contributed by atoms with E-state index in [4.69, 9.17) is 0 Å². The molecule has 2 aromatic carbocycles. The normalized spacial score (nSPS) is 12.8. The molecule has 0 aliphatic carbocycles. The van der Waals surface area contributed by atoms with Crippen LogP contribution in [0.15, 0.2) is 85.5 Å². The lowest BCUT2D eigenvalue weighted by Gasteiger charge is -2.38. The van der Waals surface area contributed by atoms with E-state index in [2.05, 4.69) is 10.2 Å². The number of hydrogen-bond donors (Lipinski definition) is 0. The van der Waals surface area contributed by atoms with Gasteiger partial charge in [-0.1, -0.05) is 24.3 Å². The van der Waals surface area contributed by atoms with E-state index < -0.39 is 28.9 Å². The van der Waals surface area contributed by atoms with Gasteiger partial charge in [0, 0.05) is 24.8 Å². The molecule has 4 nitrogen and oxygen atoms in total. The zero-order valence-electron chi connectivity index (χ0n) is 15.6. The van der Waals surface area contributed by atoms with Crippen molar-refractivity contribution in [3.63, 3.8) is 0 Å². The van der Waals surface area contributed by atoms with Crippen molar-refractivity contribution >= 4 is 0 Å². The number of halogens is 6. The van der Waals surface area contributed by atoms with Gasteiger partial charge in [-0.2, -0.15) is 36.5 Å². The van der Waals surface area contributed by atoms with E-state index in [0.717, 1.165) is 36.4 Å². The highest BCUT2D eigenvalue weighted by atomic mass is 19.4. The molecule has 0 unspecified atom stereocenters. The van der Waals surface area contributed by atoms with E-state index in [1.807, 2.05) is 0 Å². The number of benzene rings is 2. The molecule has 0 aliphatic heterocycles. The van der Waals surface area contributed by atoms with E-state index in [0.29, 0.717) is 0 Å². The van der Waals surface area contributed by atoms with Crippen LogP contribution in [0.2, 0.25) is 0 Å². The lowest BCUT2D eigenvalue weighted by Crippen LogP contribution is -2.54. The summed E-state index contributed by atoms with van der Waals surface area (Å²) in [6.07, 6.45) is -5.75. The first-order valence-electron chi connectivity index (χ1n) is 8.99. The molecule has 0 radical (unpaired) electrons. The summed E-state index contributed by atoms with van der Waals surface area (Å²) in [5.74, 6) is 0. The Bertz CT molecular complexity index is 1070. The fraction of sp³-hybridized carbons (Fsp3) is 0.143. The monoisotopic (exact) mass is 436 g/mol. The molecule has 0 N–H and O–H groups in total. The SMILES string of the molecule is FC(F)(F)C(c1cccc(-n2cccn2)c1)(c1cccc(-n2cccn2)c1)C(F)(F)F. The van der Waals surface area contributed by atoms with Crippen molar-refractivity contribution in [2.45, 2.75) is 17.8 Å². The van der Waals surface area contributed by atoms with Gasteiger partial charge in [0.1, 0.15) is 0 Å². The van der Waals surface area contributed by atoms with Crippen LogP contribution in [-0.4, -0.2) is 31.9 Å². The fourth-order valence-corrected chi connectivity index (χ4v) is 3.59. The van der Waals surface area contributed by atoms with Gasteiger partial charge < -0.3 is 0 Å². The molecule has 2 aromatic heterocycles. The Hall–Kier alpha value is -3.56. The van der Waals surface area contributed by atoms with Crippen LogP contribution in [0.5, 0.6) is 0 Å². The summed E-state index contributed by atoms with van der Waals surface area (Å²) in [6, 6.07) is 11.5. The maximum atomic E-state index is 14.4. The molecule has 0 amide bonds. The lowest BCUT2D eigenvalue weighted by atomic mass is 9.72. The van der Waals surface area contributed by atoms with Gasteiger partial charge in [-0.3, -0.25) is 0 Å². The average molecular weight is 436 g/mol. The second-order valence-electron chi connectivity index (χ2n) is 6.75. The van der Waals surface area contributed by atoms with Crippen molar-refractivity contribution < 1.29 is 26.3 Å². The van der Waals surface area contributed by atoms with Crippen LogP contribution < -0.4 is 0 Å². The number of rotatable bonds is 4. The Morgan fingerprint density at radius 3 is 1.32 bits per heavy atom. The van der Waals surface area contributed by atoms with Crippen LogP contribution >= 0.6 is 0 Å². The lowest BCUT2D eigenvalue weighted by molar-refractivity contribution is -0.288. The summed E-state index contributed by atoms with van der Waals surface area (Å²) in [6.45, 7) is 0. The van der Waals surface area contributed by atoms with Gasteiger partial charge in [0.05, 0.1) is 11.4 Å². The van der Waals surface area contributed by atoms with Crippen molar-refractivity contribution in [1.82, 2.24) is 19.6 Å². The van der Waals surface area contributed by atoms with Gasteiger partial charge in [-0.05, 0) is 47.5 Å². The number of nitrogens with zero attached hydrogens (tertiary/aromatic N) is 4. The highest BCUT2D eigenvalue weighted by Crippen LogP contribution is 2.56. The quantitative estimate of drug-likeness (QED) is 0.398. The Balaban J connectivity index is 2.01. The minimum atomic E-state index is -5.68. The summed E-state index contributed by atoms with van der Waals surface area (Å²) >= 11 is 0. The molecule has 10 heteroatoms. The standard InChI is InChI=1S/C21H14F6N4/c22-20(23,24)19(21(25,26)27,15-5-1-7-17(13-15)30-11-3-9-28-30)16-6-2-8-18(14-16)31-12-4-10-29-31/h1-14H. The molecule has 0 bridgehead atoms. The number of hydrogen-bond acceptors (Lipinski definition) is 2. The summed E-state index contributed by atoms with van der Waals surface area (Å²) in [5, 5.41) is 7.79. The summed E-state index contributed by atoms with van der Waals surface area (Å²) < 4.78 is 88.9. The Morgan fingerprint density at radius 2 is 1.00 bits per heavy atom. The molecule has 0 aliphatic rings. The van der Waals surface area contributed by atoms with Gasteiger partial charge in [0.2, 0.25) is 5.41 Å². The first-order chi connectivity index (χ1) is 14.6. The van der Waals surface area contributed by atoms with Gasteiger partial charge in [0.15, 0.2) is 0 Å². The van der Waals surface area contributed by atoms with Crippen LogP contribution in [0.4, 0.5) is 26.3 Å². The van der Waals surface area contributed by atoms with Crippen LogP contribution in [-0.2, 0) is 5.41 Å². The molecule has 0 saturated carbocycles. The van der Waals surface area contributed by atoms with Gasteiger partial charge in [-0.15, -0.1) is 0 Å². The summed E-state index contributed by atoms with van der Waals surface area (Å²) in [7, 11) is 0. The predicted octanol–water partition coefficient (Wildman–Crippen LogP) is 5.47. The van der Waals surface area contributed by atoms with E-state index in [1.54, 1.807) is 0 Å². The van der Waals surface area contributed by atoms with Crippen molar-refractivity contribution in [2.24, 2.45) is 0 Å². The molecule has 0 atom stereocenters. The average Bonchev–Trinajstić information content (AvgIpc) is 3.41. The smallest absolute Gasteiger partial charge is 0.241 e. The predicted molar refractivity (Wildman–Crippen MR) is 100 cm³/mol. The number of alkyl halides is 6. The maximum absolute atomic E-state index is 14.4. The second-order valence-corrected chi connectivity index (χ2v) is 6.75. The molecule has 0 spiro atoms. The highest BCUT2D eigenvalue weighted by molar-refractivity contribution is 5.51. The molecule has 4 rings (SSSR count). The van der Waals surface area contributed by atoms with Crippen LogP contribution in [0.25, 0.3) is 11.4 Å². The van der Waals surface area contributed by atoms with Crippen LogP contribution in [0.1, 0.15) is 11.1 Å². The first-order valence-corrected chi connectivity index (χ1v) is 8.99. The molecule has 160 valence electrons. The highest BCUT2D eigenvalue weighted by Gasteiger charge is 2.72. The zero-order valence-corrected chi connectivity index (χ0v) is 15.6. The third-order valence-electron chi connectivity index (χ3n) is 4.95. The van der Waals surface area contributed by atoms with Crippen LogP contribution in [0, 0.1) is 0 Å². The van der Waals surface area contributed by atoms with Crippen molar-refractivity contribution in [3.05, 3.63) is 96.6 Å². The minimum absolute atomic E-state index is 0.0728. The zero-order chi connectivity index (χ0) is 22.3. The summed E-state index contributed by atoms with van der Waals surface area (Å²) in [4.78, 5) is 0. The number of aromatic nitrogens is 4. The second kappa shape index (κ2) is 7.29. The molecule has 4 aromatic rings. The third kappa shape index (κ3) is 3.37. The van der Waals surface area contributed by atoms with Crippen molar-refractivity contribution in [2.75, 3.05) is 0 Å². The molecule has 0 saturated heterocycles. The van der Waals surface area contributed by atoms with Crippen molar-refractivity contribution in [3.8, 4) is 11.4 Å². The van der Waals surface area contributed by atoms with Crippen molar-refractivity contribution in [1.29, 1.82) is 0 Å². The topological polar surface area (TPSA) is 35.6 Å². The first kappa shape index (κ1) is 20.7. The van der Waals surface area contributed by atoms with Crippen LogP contribution in [0.3, 0.4) is 0 Å². The maximum Gasteiger partial charge on any atom is 0.411 e. The van der Waals surface area contributed by atoms with Gasteiger partial charge in [0.25, 0.3) is 0 Å². The molecular weight excluding hydrogens is 422 g/mol. The Kier molecular flexibility index (Phi) is 4.87. The summed E-state index contributed by atoms with van der Waals surface area (Å²) in [5.41, 5.74) is -6.03. The third-order valence-corrected chi connectivity index (χ3v) is 4.95. The van der Waals surface area contributed by atoms with Gasteiger partial charge in [-0.25, -0.2) is 9.36 Å². The van der Waals surface area contributed by atoms with E-state index in [1.165, 1.54) is 58.4 Å². The van der Waals surface area contributed by atoms with E-state index in [-0.39, 0.29) is 11.4 Å². The van der Waals surface area contributed by atoms with E-state index in [9.17, 15) is 26.3 Å². The molecule has 31 heavy (non-hydrogen) atoms. The fourth-order valence-electron chi connectivity index (χ4n) is 3.59. The minimum Gasteiger partial charge on any atom is -0.241 e. The Labute approximate surface area is 172 Å². The molecule has 2 heterocycles. The molecular formula is C21H14F6N4.